The molecule has 1 unspecified atom stereocenters. The van der Waals surface area contributed by atoms with Gasteiger partial charge in [0, 0.05) is 16.6 Å². The zero-order chi connectivity index (χ0) is 11.5. The fraction of sp³-hybridized carbons (Fsp3) is 0.167. The molecular weight excluding hydrogens is 222 g/mol. The Hall–Kier alpha value is -1.45. The summed E-state index contributed by atoms with van der Waals surface area (Å²) < 4.78 is 0. The lowest BCUT2D eigenvalue weighted by molar-refractivity contribution is 0.775. The Morgan fingerprint density at radius 2 is 1.88 bits per heavy atom. The van der Waals surface area contributed by atoms with Gasteiger partial charge in [-0.05, 0) is 25.1 Å². The van der Waals surface area contributed by atoms with Crippen molar-refractivity contribution in [3.05, 3.63) is 47.4 Å². The molecule has 0 aliphatic rings. The number of nitrogens with two attached hydrogens (primary N) is 1. The maximum atomic E-state index is 5.83. The largest absolute Gasteiger partial charge is 0.323 e. The predicted molar refractivity (Wildman–Crippen MR) is 65.1 cm³/mol. The number of benzene rings is 1. The van der Waals surface area contributed by atoms with E-state index in [1.165, 1.54) is 6.33 Å². The van der Waals surface area contributed by atoms with Gasteiger partial charge < -0.3 is 5.73 Å². The average Bonchev–Trinajstić information content (AvgIpc) is 2.30. The van der Waals surface area contributed by atoms with Crippen molar-refractivity contribution in [3.63, 3.8) is 0 Å². The molecule has 1 aromatic carbocycles. The molecule has 1 heterocycles. The topological polar surface area (TPSA) is 51.8 Å². The lowest BCUT2D eigenvalue weighted by Gasteiger charge is -2.06. The Kier molecular flexibility index (Phi) is 3.17. The van der Waals surface area contributed by atoms with Crippen LogP contribution in [0.4, 0.5) is 0 Å². The molecule has 16 heavy (non-hydrogen) atoms. The van der Waals surface area contributed by atoms with Crippen LogP contribution in [-0.4, -0.2) is 9.97 Å². The normalized spacial score (nSPS) is 12.4. The highest BCUT2D eigenvalue weighted by molar-refractivity contribution is 6.30. The second-order valence-corrected chi connectivity index (χ2v) is 4.06. The van der Waals surface area contributed by atoms with Crippen molar-refractivity contribution in [1.82, 2.24) is 9.97 Å². The first kappa shape index (κ1) is 11.0. The van der Waals surface area contributed by atoms with Crippen LogP contribution in [0.1, 0.15) is 18.7 Å². The van der Waals surface area contributed by atoms with Gasteiger partial charge in [-0.3, -0.25) is 0 Å². The van der Waals surface area contributed by atoms with Crippen LogP contribution in [0.25, 0.3) is 11.3 Å². The number of halogens is 1. The number of hydrogen-bond donors (Lipinski definition) is 1. The molecule has 3 nitrogen and oxygen atoms in total. The molecule has 0 aliphatic heterocycles. The highest BCUT2D eigenvalue weighted by Gasteiger charge is 2.04. The second-order valence-electron chi connectivity index (χ2n) is 3.62. The third-order valence-corrected chi connectivity index (χ3v) is 2.55. The van der Waals surface area contributed by atoms with Gasteiger partial charge in [0.1, 0.15) is 6.33 Å². The summed E-state index contributed by atoms with van der Waals surface area (Å²) >= 11 is 5.83. The van der Waals surface area contributed by atoms with Crippen LogP contribution in [0.3, 0.4) is 0 Å². The minimum atomic E-state index is -0.0888. The SMILES string of the molecule is CC(N)c1cc(-c2ccc(Cl)cc2)ncn1. The zero-order valence-corrected chi connectivity index (χ0v) is 9.65. The molecule has 0 spiro atoms. The molecule has 4 heteroatoms. The van der Waals surface area contributed by atoms with Crippen LogP contribution in [0.2, 0.25) is 5.02 Å². The smallest absolute Gasteiger partial charge is 0.116 e. The summed E-state index contributed by atoms with van der Waals surface area (Å²) in [5, 5.41) is 0.713. The van der Waals surface area contributed by atoms with E-state index in [9.17, 15) is 0 Å². The summed E-state index contributed by atoms with van der Waals surface area (Å²) in [6, 6.07) is 9.34. The molecule has 1 aromatic heterocycles. The Balaban J connectivity index is 2.40. The molecule has 0 radical (unpaired) electrons. The van der Waals surface area contributed by atoms with Crippen molar-refractivity contribution in [2.24, 2.45) is 5.73 Å². The molecular formula is C12H12ClN3. The highest BCUT2D eigenvalue weighted by atomic mass is 35.5. The summed E-state index contributed by atoms with van der Waals surface area (Å²) in [5.41, 5.74) is 8.47. The zero-order valence-electron chi connectivity index (χ0n) is 8.89. The van der Waals surface area contributed by atoms with Crippen LogP contribution in [-0.2, 0) is 0 Å². The van der Waals surface area contributed by atoms with Crippen molar-refractivity contribution < 1.29 is 0 Å². The molecule has 0 aliphatic carbocycles. The van der Waals surface area contributed by atoms with Gasteiger partial charge in [0.25, 0.3) is 0 Å². The summed E-state index contributed by atoms with van der Waals surface area (Å²) in [7, 11) is 0. The number of nitrogens with zero attached hydrogens (tertiary/aromatic N) is 2. The number of aromatic nitrogens is 2. The van der Waals surface area contributed by atoms with Gasteiger partial charge in [-0.2, -0.15) is 0 Å². The lowest BCUT2D eigenvalue weighted by atomic mass is 10.1. The van der Waals surface area contributed by atoms with Gasteiger partial charge in [0.05, 0.1) is 11.4 Å². The Morgan fingerprint density at radius 1 is 1.19 bits per heavy atom. The van der Waals surface area contributed by atoms with Crippen molar-refractivity contribution in [2.75, 3.05) is 0 Å². The molecule has 0 fully saturated rings. The summed E-state index contributed by atoms with van der Waals surface area (Å²) in [6.07, 6.45) is 1.53. The van der Waals surface area contributed by atoms with Crippen LogP contribution in [0.5, 0.6) is 0 Å². The van der Waals surface area contributed by atoms with E-state index in [0.29, 0.717) is 5.02 Å². The van der Waals surface area contributed by atoms with Crippen molar-refractivity contribution in [1.29, 1.82) is 0 Å². The molecule has 2 rings (SSSR count). The maximum absolute atomic E-state index is 5.83. The van der Waals surface area contributed by atoms with Crippen molar-refractivity contribution in [3.8, 4) is 11.3 Å². The average molecular weight is 234 g/mol. The number of rotatable bonds is 2. The summed E-state index contributed by atoms with van der Waals surface area (Å²) in [5.74, 6) is 0. The van der Waals surface area contributed by atoms with Crippen LogP contribution in [0.15, 0.2) is 36.7 Å². The van der Waals surface area contributed by atoms with Gasteiger partial charge in [0.15, 0.2) is 0 Å². The Bertz CT molecular complexity index is 480. The molecule has 2 N–H and O–H groups in total. The number of hydrogen-bond acceptors (Lipinski definition) is 3. The molecule has 0 amide bonds. The van der Waals surface area contributed by atoms with E-state index in [1.54, 1.807) is 0 Å². The molecule has 2 aromatic rings. The van der Waals surface area contributed by atoms with Crippen LogP contribution >= 0.6 is 11.6 Å². The molecule has 1 atom stereocenters. The second kappa shape index (κ2) is 4.60. The van der Waals surface area contributed by atoms with Gasteiger partial charge >= 0.3 is 0 Å². The van der Waals surface area contributed by atoms with Crippen molar-refractivity contribution >= 4 is 11.6 Å². The lowest BCUT2D eigenvalue weighted by Crippen LogP contribution is -2.07. The first-order chi connectivity index (χ1) is 7.66. The molecule has 0 saturated carbocycles. The third-order valence-electron chi connectivity index (χ3n) is 2.29. The highest BCUT2D eigenvalue weighted by Crippen LogP contribution is 2.20. The fourth-order valence-electron chi connectivity index (χ4n) is 1.40. The van der Waals surface area contributed by atoms with Gasteiger partial charge in [0.2, 0.25) is 0 Å². The first-order valence-corrected chi connectivity index (χ1v) is 5.38. The van der Waals surface area contributed by atoms with E-state index >= 15 is 0 Å². The van der Waals surface area contributed by atoms with Gasteiger partial charge in [-0.1, -0.05) is 23.7 Å². The standard InChI is InChI=1S/C12H12ClN3/c1-8(14)11-6-12(16-7-15-11)9-2-4-10(13)5-3-9/h2-8H,14H2,1H3. The monoisotopic (exact) mass is 233 g/mol. The predicted octanol–water partition coefficient (Wildman–Crippen LogP) is 2.82. The quantitative estimate of drug-likeness (QED) is 0.868. The van der Waals surface area contributed by atoms with E-state index < -0.39 is 0 Å². The van der Waals surface area contributed by atoms with Crippen molar-refractivity contribution in [2.45, 2.75) is 13.0 Å². The Labute approximate surface area is 99.3 Å². The van der Waals surface area contributed by atoms with E-state index in [1.807, 2.05) is 37.3 Å². The third kappa shape index (κ3) is 2.38. The first-order valence-electron chi connectivity index (χ1n) is 5.00. The summed E-state index contributed by atoms with van der Waals surface area (Å²) in [4.78, 5) is 8.33. The van der Waals surface area contributed by atoms with Crippen LogP contribution in [0, 0.1) is 0 Å². The molecule has 0 bridgehead atoms. The van der Waals surface area contributed by atoms with Gasteiger partial charge in [-0.15, -0.1) is 0 Å². The minimum Gasteiger partial charge on any atom is -0.323 e. The van der Waals surface area contributed by atoms with E-state index in [-0.39, 0.29) is 6.04 Å². The van der Waals surface area contributed by atoms with E-state index in [4.69, 9.17) is 17.3 Å². The van der Waals surface area contributed by atoms with Gasteiger partial charge in [-0.25, -0.2) is 9.97 Å². The van der Waals surface area contributed by atoms with Crippen LogP contribution < -0.4 is 5.73 Å². The maximum Gasteiger partial charge on any atom is 0.116 e. The van der Waals surface area contributed by atoms with E-state index in [2.05, 4.69) is 9.97 Å². The minimum absolute atomic E-state index is 0.0888. The summed E-state index contributed by atoms with van der Waals surface area (Å²) in [6.45, 7) is 1.90. The molecule has 0 saturated heterocycles. The van der Waals surface area contributed by atoms with E-state index in [0.717, 1.165) is 17.0 Å². The Morgan fingerprint density at radius 3 is 2.50 bits per heavy atom. The molecule has 82 valence electrons. The fourth-order valence-corrected chi connectivity index (χ4v) is 1.53.